The molecule has 0 saturated heterocycles. The van der Waals surface area contributed by atoms with Gasteiger partial charge in [-0.3, -0.25) is 15.1 Å². The number of hydrogen-bond donors (Lipinski definition) is 0. The van der Waals surface area contributed by atoms with E-state index in [1.807, 2.05) is 35.3 Å². The van der Waals surface area contributed by atoms with Crippen molar-refractivity contribution in [2.75, 3.05) is 11.4 Å². The van der Waals surface area contributed by atoms with Crippen LogP contribution < -0.4 is 4.90 Å². The first-order valence-electron chi connectivity index (χ1n) is 6.66. The maximum Gasteiger partial charge on any atom is 0.269 e. The lowest BCUT2D eigenvalue weighted by atomic mass is 10.1. The monoisotopic (exact) mass is 313 g/mol. The Balaban J connectivity index is 1.83. The normalized spacial score (nSPS) is 14.3. The highest BCUT2D eigenvalue weighted by molar-refractivity contribution is 6.32. The van der Waals surface area contributed by atoms with E-state index in [2.05, 4.69) is 4.98 Å². The van der Waals surface area contributed by atoms with Crippen molar-refractivity contribution in [2.24, 2.45) is 0 Å². The molecule has 110 valence electrons. The summed E-state index contributed by atoms with van der Waals surface area (Å²) in [5, 5.41) is 11.2. The van der Waals surface area contributed by atoms with E-state index in [1.54, 1.807) is 18.3 Å². The van der Waals surface area contributed by atoms with Gasteiger partial charge in [0.2, 0.25) is 0 Å². The maximum absolute atomic E-state index is 10.7. The Morgan fingerprint density at radius 1 is 1.18 bits per heavy atom. The van der Waals surface area contributed by atoms with Gasteiger partial charge in [0, 0.05) is 36.1 Å². The summed E-state index contributed by atoms with van der Waals surface area (Å²) in [7, 11) is 0. The first-order valence-corrected chi connectivity index (χ1v) is 7.04. The molecule has 0 radical (unpaired) electrons. The van der Waals surface area contributed by atoms with Gasteiger partial charge in [-0.2, -0.15) is 0 Å². The van der Waals surface area contributed by atoms with E-state index in [0.29, 0.717) is 11.7 Å². The number of halogens is 1. The number of pyridine rings is 1. The second-order valence-electron chi connectivity index (χ2n) is 4.73. The highest BCUT2D eigenvalue weighted by Gasteiger charge is 2.16. The second-order valence-corrected chi connectivity index (χ2v) is 5.11. The summed E-state index contributed by atoms with van der Waals surface area (Å²) in [5.41, 5.74) is 2.70. The zero-order chi connectivity index (χ0) is 15.5. The molecule has 0 N–H and O–H groups in total. The number of rotatable bonds is 3. The van der Waals surface area contributed by atoms with Crippen molar-refractivity contribution in [2.45, 2.75) is 0 Å². The smallest absolute Gasteiger partial charge is 0.269 e. The van der Waals surface area contributed by atoms with Crippen molar-refractivity contribution >= 4 is 28.5 Å². The molecule has 5 nitrogen and oxygen atoms in total. The molecule has 0 atom stereocenters. The molecule has 6 heteroatoms. The third-order valence-electron chi connectivity index (χ3n) is 3.36. The maximum atomic E-state index is 10.7. The summed E-state index contributed by atoms with van der Waals surface area (Å²) in [4.78, 5) is 16.4. The topological polar surface area (TPSA) is 59.3 Å². The first kappa shape index (κ1) is 14.3. The lowest BCUT2D eigenvalue weighted by molar-refractivity contribution is -0.384. The molecule has 22 heavy (non-hydrogen) atoms. The summed E-state index contributed by atoms with van der Waals surface area (Å²) in [5.74, 6) is 0. The van der Waals surface area contributed by atoms with Crippen LogP contribution in [0.4, 0.5) is 11.4 Å². The Labute approximate surface area is 132 Å². The van der Waals surface area contributed by atoms with Gasteiger partial charge in [-0.25, -0.2) is 0 Å². The minimum absolute atomic E-state index is 0.0607. The van der Waals surface area contributed by atoms with E-state index in [-0.39, 0.29) is 5.69 Å². The summed E-state index contributed by atoms with van der Waals surface area (Å²) in [6.45, 7) is 0.582. The molecule has 0 aliphatic carbocycles. The summed E-state index contributed by atoms with van der Waals surface area (Å²) < 4.78 is 0. The molecule has 0 saturated carbocycles. The van der Waals surface area contributed by atoms with E-state index in [0.717, 1.165) is 17.0 Å². The van der Waals surface area contributed by atoms with Crippen molar-refractivity contribution in [1.82, 2.24) is 4.98 Å². The zero-order valence-corrected chi connectivity index (χ0v) is 12.3. The van der Waals surface area contributed by atoms with E-state index < -0.39 is 4.92 Å². The molecule has 1 aromatic carbocycles. The van der Waals surface area contributed by atoms with E-state index >= 15 is 0 Å². The van der Waals surface area contributed by atoms with Crippen molar-refractivity contribution < 1.29 is 4.92 Å². The quantitative estimate of drug-likeness (QED) is 0.488. The van der Waals surface area contributed by atoms with Gasteiger partial charge in [0.25, 0.3) is 5.69 Å². The third kappa shape index (κ3) is 2.84. The molecule has 1 aliphatic heterocycles. The average molecular weight is 314 g/mol. The predicted molar refractivity (Wildman–Crippen MR) is 86.6 cm³/mol. The fourth-order valence-corrected chi connectivity index (χ4v) is 2.52. The molecule has 2 heterocycles. The van der Waals surface area contributed by atoms with Crippen LogP contribution in [0.3, 0.4) is 0 Å². The number of nitrogens with zero attached hydrogens (tertiary/aromatic N) is 3. The highest BCUT2D eigenvalue weighted by Crippen LogP contribution is 2.30. The standard InChI is InChI=1S/C16H12ClN3O2/c17-16-11-12(15-3-1-2-9-18-15)8-10-19(16)13-4-6-14(7-5-13)20(21)22/h1-9,11H,10H2. The van der Waals surface area contributed by atoms with Crippen LogP contribution in [0.15, 0.2) is 66.0 Å². The van der Waals surface area contributed by atoms with Crippen LogP contribution in [-0.2, 0) is 0 Å². The van der Waals surface area contributed by atoms with Crippen LogP contribution in [0.5, 0.6) is 0 Å². The van der Waals surface area contributed by atoms with E-state index in [1.165, 1.54) is 12.1 Å². The highest BCUT2D eigenvalue weighted by atomic mass is 35.5. The van der Waals surface area contributed by atoms with Gasteiger partial charge in [0.1, 0.15) is 5.16 Å². The average Bonchev–Trinajstić information content (AvgIpc) is 2.56. The predicted octanol–water partition coefficient (Wildman–Crippen LogP) is 3.97. The molecule has 0 spiro atoms. The zero-order valence-electron chi connectivity index (χ0n) is 11.5. The number of non-ortho nitro benzene ring substituents is 1. The number of nitro groups is 1. The second kappa shape index (κ2) is 5.99. The van der Waals surface area contributed by atoms with Crippen LogP contribution in [0.25, 0.3) is 5.57 Å². The Hall–Kier alpha value is -2.66. The van der Waals surface area contributed by atoms with Crippen molar-refractivity contribution in [1.29, 1.82) is 0 Å². The Morgan fingerprint density at radius 2 is 1.95 bits per heavy atom. The number of allylic oxidation sites excluding steroid dienone is 2. The Kier molecular flexibility index (Phi) is 3.89. The van der Waals surface area contributed by atoms with E-state index in [9.17, 15) is 10.1 Å². The van der Waals surface area contributed by atoms with Crippen molar-refractivity contribution in [3.63, 3.8) is 0 Å². The fraction of sp³-hybridized carbons (Fsp3) is 0.0625. The number of nitro benzene ring substituents is 1. The SMILES string of the molecule is O=[N+]([O-])c1ccc(N2CC=C(c3ccccn3)C=C2Cl)cc1. The fourth-order valence-electron chi connectivity index (χ4n) is 2.24. The molecular weight excluding hydrogens is 302 g/mol. The lowest BCUT2D eigenvalue weighted by Crippen LogP contribution is -2.22. The molecule has 2 aromatic rings. The van der Waals surface area contributed by atoms with Gasteiger partial charge >= 0.3 is 0 Å². The van der Waals surface area contributed by atoms with Gasteiger partial charge in [-0.1, -0.05) is 23.7 Å². The lowest BCUT2D eigenvalue weighted by Gasteiger charge is -2.26. The number of benzene rings is 1. The third-order valence-corrected chi connectivity index (χ3v) is 3.67. The van der Waals surface area contributed by atoms with Crippen LogP contribution in [0.1, 0.15) is 5.69 Å². The molecule has 0 fully saturated rings. The number of aromatic nitrogens is 1. The summed E-state index contributed by atoms with van der Waals surface area (Å²) in [6.07, 6.45) is 5.60. The minimum Gasteiger partial charge on any atom is -0.328 e. The van der Waals surface area contributed by atoms with Crippen molar-refractivity contribution in [3.8, 4) is 0 Å². The molecule has 0 amide bonds. The van der Waals surface area contributed by atoms with Crippen LogP contribution in [0.2, 0.25) is 0 Å². The molecule has 1 aromatic heterocycles. The summed E-state index contributed by atoms with van der Waals surface area (Å²) in [6, 6.07) is 12.0. The number of hydrogen-bond acceptors (Lipinski definition) is 4. The molecule has 1 aliphatic rings. The number of anilines is 1. The van der Waals surface area contributed by atoms with Crippen LogP contribution in [0, 0.1) is 10.1 Å². The molecule has 0 unspecified atom stereocenters. The van der Waals surface area contributed by atoms with Gasteiger partial charge in [0.15, 0.2) is 0 Å². The molecule has 0 bridgehead atoms. The molecular formula is C16H12ClN3O2. The van der Waals surface area contributed by atoms with Gasteiger partial charge in [0.05, 0.1) is 10.6 Å². The Bertz CT molecular complexity index is 755. The largest absolute Gasteiger partial charge is 0.328 e. The molecule has 3 rings (SSSR count). The van der Waals surface area contributed by atoms with Crippen molar-refractivity contribution in [3.05, 3.63) is 81.8 Å². The van der Waals surface area contributed by atoms with Gasteiger partial charge < -0.3 is 4.90 Å². The first-order chi connectivity index (χ1) is 10.6. The van der Waals surface area contributed by atoms with Crippen LogP contribution >= 0.6 is 11.6 Å². The minimum atomic E-state index is -0.420. The summed E-state index contributed by atoms with van der Waals surface area (Å²) >= 11 is 6.35. The van der Waals surface area contributed by atoms with E-state index in [4.69, 9.17) is 11.6 Å². The Morgan fingerprint density at radius 3 is 2.55 bits per heavy atom. The van der Waals surface area contributed by atoms with Gasteiger partial charge in [-0.15, -0.1) is 0 Å². The van der Waals surface area contributed by atoms with Crippen LogP contribution in [-0.4, -0.2) is 16.5 Å². The van der Waals surface area contributed by atoms with Gasteiger partial charge in [-0.05, 0) is 30.3 Å².